The number of hydrogen-bond acceptors (Lipinski definition) is 5. The largest absolute Gasteiger partial charge is 0.366 e. The molecule has 0 unspecified atom stereocenters. The van der Waals surface area contributed by atoms with Crippen molar-refractivity contribution in [2.75, 3.05) is 0 Å². The Bertz CT molecular complexity index is 1090. The average Bonchev–Trinajstić information content (AvgIpc) is 2.78. The van der Waals surface area contributed by atoms with E-state index in [4.69, 9.17) is 22.2 Å². The molecule has 3 rings (SSSR count). The summed E-state index contributed by atoms with van der Waals surface area (Å²) >= 11 is 1.60. The molecule has 168 valence electrons. The van der Waals surface area contributed by atoms with Gasteiger partial charge >= 0.3 is 0 Å². The molecule has 0 spiro atoms. The molecule has 2 aromatic carbocycles. The smallest absolute Gasteiger partial charge is 0.249 e. The minimum Gasteiger partial charge on any atom is -0.366 e. The van der Waals surface area contributed by atoms with Crippen LogP contribution in [0.2, 0.25) is 0 Å². The number of primary amides is 1. The van der Waals surface area contributed by atoms with Crippen LogP contribution in [0.15, 0.2) is 53.4 Å². The van der Waals surface area contributed by atoms with Crippen LogP contribution in [0, 0.1) is 12.8 Å². The maximum atomic E-state index is 11.9. The zero-order valence-electron chi connectivity index (χ0n) is 19.0. The van der Waals surface area contributed by atoms with E-state index < -0.39 is 5.91 Å². The van der Waals surface area contributed by atoms with Gasteiger partial charge in [0.2, 0.25) is 5.91 Å². The summed E-state index contributed by atoms with van der Waals surface area (Å²) in [6.07, 6.45) is 0.874. The van der Waals surface area contributed by atoms with E-state index in [1.807, 2.05) is 18.2 Å². The molecule has 1 aromatic heterocycles. The number of pyridine rings is 1. The second kappa shape index (κ2) is 10.8. The van der Waals surface area contributed by atoms with Gasteiger partial charge in [0.25, 0.3) is 0 Å². The molecule has 0 aliphatic carbocycles. The second-order valence-electron chi connectivity index (χ2n) is 8.33. The van der Waals surface area contributed by atoms with Crippen molar-refractivity contribution in [1.82, 2.24) is 4.98 Å². The number of carbonyl (C=O) groups is 1. The highest BCUT2D eigenvalue weighted by molar-refractivity contribution is 7.98. The van der Waals surface area contributed by atoms with E-state index in [0.717, 1.165) is 50.5 Å². The van der Waals surface area contributed by atoms with Crippen molar-refractivity contribution in [3.05, 3.63) is 82.2 Å². The molecule has 0 bridgehead atoms. The van der Waals surface area contributed by atoms with Crippen LogP contribution in [0.5, 0.6) is 0 Å². The molecule has 0 aliphatic rings. The Kier molecular flexibility index (Phi) is 8.07. The van der Waals surface area contributed by atoms with E-state index in [1.165, 1.54) is 0 Å². The predicted molar refractivity (Wildman–Crippen MR) is 133 cm³/mol. The maximum Gasteiger partial charge on any atom is 0.249 e. The van der Waals surface area contributed by atoms with E-state index in [9.17, 15) is 4.79 Å². The number of aromatic nitrogens is 1. The second-order valence-corrected chi connectivity index (χ2v) is 9.35. The van der Waals surface area contributed by atoms with Crippen LogP contribution in [-0.4, -0.2) is 10.9 Å². The summed E-state index contributed by atoms with van der Waals surface area (Å²) in [5, 5.41) is 0. The van der Waals surface area contributed by atoms with Crippen LogP contribution in [0.1, 0.15) is 52.3 Å². The highest BCUT2D eigenvalue weighted by atomic mass is 32.2. The number of carbonyl (C=O) groups excluding carboxylic acids is 1. The van der Waals surface area contributed by atoms with Crippen molar-refractivity contribution in [3.63, 3.8) is 0 Å². The summed E-state index contributed by atoms with van der Waals surface area (Å²) in [7, 11) is 0. The monoisotopic (exact) mass is 448 g/mol. The Hall–Kier alpha value is -2.67. The summed E-state index contributed by atoms with van der Waals surface area (Å²) in [6, 6.07) is 15.8. The fourth-order valence-corrected chi connectivity index (χ4v) is 5.05. The molecule has 32 heavy (non-hydrogen) atoms. The minimum absolute atomic E-state index is 0.416. The molecular formula is C26H32N4OS. The lowest BCUT2D eigenvalue weighted by molar-refractivity contribution is 0.0997. The zero-order chi connectivity index (χ0) is 23.3. The van der Waals surface area contributed by atoms with E-state index in [1.54, 1.807) is 17.8 Å². The number of rotatable bonds is 9. The lowest BCUT2D eigenvalue weighted by Crippen LogP contribution is -2.13. The third kappa shape index (κ3) is 5.38. The van der Waals surface area contributed by atoms with Crippen molar-refractivity contribution in [2.24, 2.45) is 23.1 Å². The minimum atomic E-state index is -0.421. The molecule has 0 radical (unpaired) electrons. The van der Waals surface area contributed by atoms with Gasteiger partial charge in [-0.2, -0.15) is 0 Å². The molecule has 0 aliphatic heterocycles. The number of nitrogens with zero attached hydrogens (tertiary/aromatic N) is 1. The third-order valence-corrected chi connectivity index (χ3v) is 6.60. The highest BCUT2D eigenvalue weighted by Gasteiger charge is 2.20. The third-order valence-electron chi connectivity index (χ3n) is 5.50. The lowest BCUT2D eigenvalue weighted by atomic mass is 9.90. The lowest BCUT2D eigenvalue weighted by Gasteiger charge is -2.21. The van der Waals surface area contributed by atoms with Gasteiger partial charge in [0.1, 0.15) is 0 Å². The quantitative estimate of drug-likeness (QED) is 0.416. The molecular weight excluding hydrogens is 416 g/mol. The van der Waals surface area contributed by atoms with Crippen LogP contribution in [0.25, 0.3) is 11.1 Å². The first-order valence-corrected chi connectivity index (χ1v) is 11.9. The number of amides is 1. The Labute approximate surface area is 194 Å². The van der Waals surface area contributed by atoms with E-state index >= 15 is 0 Å². The van der Waals surface area contributed by atoms with Gasteiger partial charge in [-0.3, -0.25) is 9.78 Å². The van der Waals surface area contributed by atoms with E-state index in [-0.39, 0.29) is 0 Å². The van der Waals surface area contributed by atoms with Gasteiger partial charge in [-0.25, -0.2) is 0 Å². The Morgan fingerprint density at radius 2 is 1.69 bits per heavy atom. The molecule has 0 saturated heterocycles. The normalized spacial score (nSPS) is 11.2. The first kappa shape index (κ1) is 24.0. The first-order chi connectivity index (χ1) is 15.3. The fraction of sp³-hybridized carbons (Fsp3) is 0.308. The number of benzene rings is 2. The topological polar surface area (TPSA) is 108 Å². The molecule has 6 N–H and O–H groups in total. The van der Waals surface area contributed by atoms with Crippen molar-refractivity contribution in [2.45, 2.75) is 50.9 Å². The van der Waals surface area contributed by atoms with E-state index in [2.05, 4.69) is 45.0 Å². The zero-order valence-corrected chi connectivity index (χ0v) is 19.8. The number of hydrogen-bond donors (Lipinski definition) is 3. The summed E-state index contributed by atoms with van der Waals surface area (Å²) in [5.41, 5.74) is 25.8. The number of nitrogens with two attached hydrogens (primary N) is 3. The first-order valence-electron chi connectivity index (χ1n) is 10.9. The highest BCUT2D eigenvalue weighted by Crippen LogP contribution is 2.36. The molecule has 1 heterocycles. The number of thioether (sulfide) groups is 1. The molecule has 6 heteroatoms. The van der Waals surface area contributed by atoms with E-state index in [0.29, 0.717) is 30.3 Å². The summed E-state index contributed by atoms with van der Waals surface area (Å²) in [5.74, 6) is 0.712. The van der Waals surface area contributed by atoms with Crippen LogP contribution in [0.4, 0.5) is 0 Å². The van der Waals surface area contributed by atoms with Gasteiger partial charge in [0, 0.05) is 35.1 Å². The van der Waals surface area contributed by atoms with Crippen molar-refractivity contribution in [3.8, 4) is 11.1 Å². The standard InChI is InChI=1S/C26H32N4OS/c1-16(2)12-23-21(14-28)25(19-10-8-18(13-27)9-11-19)22(17(3)30-23)15-32-24-7-5-4-6-20(24)26(29)31/h4-11,16H,12-15,27-28H2,1-3H3,(H2,29,31). The van der Waals surface area contributed by atoms with Crippen LogP contribution in [0.3, 0.4) is 0 Å². The van der Waals surface area contributed by atoms with Gasteiger partial charge in [-0.05, 0) is 59.2 Å². The van der Waals surface area contributed by atoms with Gasteiger partial charge in [-0.1, -0.05) is 50.2 Å². The predicted octanol–water partition coefficient (Wildman–Crippen LogP) is 4.56. The van der Waals surface area contributed by atoms with Crippen LogP contribution < -0.4 is 17.2 Å². The number of aryl methyl sites for hydroxylation is 1. The van der Waals surface area contributed by atoms with Crippen LogP contribution in [-0.2, 0) is 25.3 Å². The van der Waals surface area contributed by atoms with Gasteiger partial charge < -0.3 is 17.2 Å². The van der Waals surface area contributed by atoms with Crippen LogP contribution >= 0.6 is 11.8 Å². The summed E-state index contributed by atoms with van der Waals surface area (Å²) in [6.45, 7) is 7.36. The molecule has 0 fully saturated rings. The van der Waals surface area contributed by atoms with Gasteiger partial charge in [-0.15, -0.1) is 11.8 Å². The Morgan fingerprint density at radius 3 is 2.28 bits per heavy atom. The Balaban J connectivity index is 2.12. The van der Waals surface area contributed by atoms with Crippen molar-refractivity contribution in [1.29, 1.82) is 0 Å². The molecule has 1 amide bonds. The van der Waals surface area contributed by atoms with Gasteiger partial charge in [0.15, 0.2) is 0 Å². The Morgan fingerprint density at radius 1 is 1.00 bits per heavy atom. The molecule has 5 nitrogen and oxygen atoms in total. The summed E-state index contributed by atoms with van der Waals surface area (Å²) < 4.78 is 0. The molecule has 0 saturated carbocycles. The summed E-state index contributed by atoms with van der Waals surface area (Å²) in [4.78, 5) is 17.7. The van der Waals surface area contributed by atoms with Crippen molar-refractivity contribution >= 4 is 17.7 Å². The molecule has 3 aromatic rings. The maximum absolute atomic E-state index is 11.9. The van der Waals surface area contributed by atoms with Crippen molar-refractivity contribution < 1.29 is 4.79 Å². The fourth-order valence-electron chi connectivity index (χ4n) is 3.90. The average molecular weight is 449 g/mol. The SMILES string of the molecule is Cc1nc(CC(C)C)c(CN)c(-c2ccc(CN)cc2)c1CSc1ccccc1C(N)=O. The van der Waals surface area contributed by atoms with Gasteiger partial charge in [0.05, 0.1) is 5.56 Å². The molecule has 0 atom stereocenters.